The minimum absolute atomic E-state index is 0.241. The van der Waals surface area contributed by atoms with E-state index in [0.717, 1.165) is 13.0 Å². The van der Waals surface area contributed by atoms with Crippen LogP contribution in [0, 0.1) is 0 Å². The Hall–Kier alpha value is -1.07. The summed E-state index contributed by atoms with van der Waals surface area (Å²) in [6.07, 6.45) is 1.90. The largest absolute Gasteiger partial charge is 0.445 e. The van der Waals surface area contributed by atoms with Gasteiger partial charge in [-0.15, -0.1) is 0 Å². The highest BCUT2D eigenvalue weighted by atomic mass is 16.5. The molecule has 0 aliphatic carbocycles. The van der Waals surface area contributed by atoms with Gasteiger partial charge in [0.15, 0.2) is 0 Å². The third-order valence-corrected chi connectivity index (χ3v) is 1.56. The highest BCUT2D eigenvalue weighted by Gasteiger charge is 1.98. The van der Waals surface area contributed by atoms with Crippen LogP contribution in [-0.2, 0) is 9.47 Å². The third-order valence-electron chi connectivity index (χ3n) is 1.56. The summed E-state index contributed by atoms with van der Waals surface area (Å²) in [4.78, 5) is 10.9. The van der Waals surface area contributed by atoms with Gasteiger partial charge < -0.3 is 20.1 Å². The van der Waals surface area contributed by atoms with Crippen LogP contribution in [-0.4, -0.2) is 46.1 Å². The quantitative estimate of drug-likeness (QED) is 0.436. The van der Waals surface area contributed by atoms with Crippen molar-refractivity contribution in [1.29, 1.82) is 0 Å². The topological polar surface area (TPSA) is 59.6 Å². The van der Waals surface area contributed by atoms with Gasteiger partial charge in [0.25, 0.3) is 0 Å². The minimum Gasteiger partial charge on any atom is -0.445 e. The van der Waals surface area contributed by atoms with Gasteiger partial charge in [-0.05, 0) is 13.5 Å². The first-order chi connectivity index (χ1) is 7.31. The van der Waals surface area contributed by atoms with Crippen molar-refractivity contribution in [3.63, 3.8) is 0 Å². The van der Waals surface area contributed by atoms with E-state index < -0.39 is 6.09 Å². The molecule has 0 aliphatic rings. The Morgan fingerprint density at radius 2 is 2.20 bits per heavy atom. The van der Waals surface area contributed by atoms with E-state index in [-0.39, 0.29) is 6.61 Å². The number of carbonyl (C=O) groups is 1. The number of amides is 1. The molecular weight excluding hydrogens is 196 g/mol. The zero-order valence-electron chi connectivity index (χ0n) is 9.25. The molecular formula is C10H20N2O3. The molecule has 0 radical (unpaired) electrons. The van der Waals surface area contributed by atoms with Crippen LogP contribution in [0.3, 0.4) is 0 Å². The molecule has 5 nitrogen and oxygen atoms in total. The van der Waals surface area contributed by atoms with Gasteiger partial charge in [-0.25, -0.2) is 4.79 Å². The predicted octanol–water partition coefficient (Wildman–Crippen LogP) is 0.525. The molecule has 0 saturated heterocycles. The maximum absolute atomic E-state index is 10.9. The third kappa shape index (κ3) is 10.9. The second-order valence-corrected chi connectivity index (χ2v) is 2.88. The smallest absolute Gasteiger partial charge is 0.407 e. The first-order valence-corrected chi connectivity index (χ1v) is 5.05. The van der Waals surface area contributed by atoms with Crippen molar-refractivity contribution in [3.8, 4) is 0 Å². The maximum atomic E-state index is 10.9. The lowest BCUT2D eigenvalue weighted by molar-refractivity contribution is 0.131. The van der Waals surface area contributed by atoms with Gasteiger partial charge >= 0.3 is 6.09 Å². The Balaban J connectivity index is 3.09. The lowest BCUT2D eigenvalue weighted by Crippen LogP contribution is -2.26. The fourth-order valence-corrected chi connectivity index (χ4v) is 0.827. The van der Waals surface area contributed by atoms with Crippen molar-refractivity contribution in [2.45, 2.75) is 6.42 Å². The van der Waals surface area contributed by atoms with E-state index in [9.17, 15) is 4.79 Å². The van der Waals surface area contributed by atoms with Gasteiger partial charge in [0, 0.05) is 19.7 Å². The van der Waals surface area contributed by atoms with Crippen molar-refractivity contribution < 1.29 is 14.3 Å². The summed E-state index contributed by atoms with van der Waals surface area (Å²) >= 11 is 0. The number of likely N-dealkylation sites (N-methyl/N-ethyl adjacent to an activating group) is 1. The van der Waals surface area contributed by atoms with E-state index in [1.165, 1.54) is 6.08 Å². The minimum atomic E-state index is -0.412. The van der Waals surface area contributed by atoms with Crippen LogP contribution in [0.25, 0.3) is 0 Å². The van der Waals surface area contributed by atoms with Crippen molar-refractivity contribution in [3.05, 3.63) is 12.7 Å². The lowest BCUT2D eigenvalue weighted by atomic mass is 10.4. The number of carbonyl (C=O) groups excluding carboxylic acids is 1. The second kappa shape index (κ2) is 11.0. The fraction of sp³-hybridized carbons (Fsp3) is 0.700. The van der Waals surface area contributed by atoms with Crippen LogP contribution in [0.4, 0.5) is 4.79 Å². The van der Waals surface area contributed by atoms with Gasteiger partial charge in [0.05, 0.1) is 6.61 Å². The van der Waals surface area contributed by atoms with Gasteiger partial charge in [0.2, 0.25) is 0 Å². The number of ether oxygens (including phenoxy) is 2. The Labute approximate surface area is 90.8 Å². The normalized spacial score (nSPS) is 9.67. The molecule has 5 heteroatoms. The van der Waals surface area contributed by atoms with E-state index in [2.05, 4.69) is 17.2 Å². The van der Waals surface area contributed by atoms with Crippen LogP contribution >= 0.6 is 0 Å². The molecule has 0 unspecified atom stereocenters. The van der Waals surface area contributed by atoms with E-state index in [1.54, 1.807) is 0 Å². The molecule has 88 valence electrons. The molecule has 0 fully saturated rings. The fourth-order valence-electron chi connectivity index (χ4n) is 0.827. The van der Waals surface area contributed by atoms with Crippen molar-refractivity contribution >= 4 is 6.09 Å². The monoisotopic (exact) mass is 216 g/mol. The molecule has 1 amide bonds. The average Bonchev–Trinajstić information content (AvgIpc) is 2.25. The number of nitrogens with one attached hydrogen (secondary N) is 2. The van der Waals surface area contributed by atoms with E-state index in [1.807, 2.05) is 7.05 Å². The first kappa shape index (κ1) is 13.9. The highest BCUT2D eigenvalue weighted by molar-refractivity contribution is 5.67. The Morgan fingerprint density at radius 1 is 1.40 bits per heavy atom. The van der Waals surface area contributed by atoms with Gasteiger partial charge in [-0.2, -0.15) is 0 Å². The average molecular weight is 216 g/mol. The molecule has 15 heavy (non-hydrogen) atoms. The summed E-state index contributed by atoms with van der Waals surface area (Å²) in [7, 11) is 1.88. The SMILES string of the molecule is C=CCOC(=O)NCCCOCCNC. The first-order valence-electron chi connectivity index (χ1n) is 5.05. The Morgan fingerprint density at radius 3 is 2.87 bits per heavy atom. The molecule has 0 aromatic rings. The molecule has 2 N–H and O–H groups in total. The van der Waals surface area contributed by atoms with Crippen molar-refractivity contribution in [1.82, 2.24) is 10.6 Å². The number of rotatable bonds is 9. The lowest BCUT2D eigenvalue weighted by Gasteiger charge is -2.05. The van der Waals surface area contributed by atoms with Gasteiger partial charge in [-0.3, -0.25) is 0 Å². The van der Waals surface area contributed by atoms with E-state index >= 15 is 0 Å². The molecule has 0 atom stereocenters. The molecule has 0 rings (SSSR count). The van der Waals surface area contributed by atoms with Gasteiger partial charge in [-0.1, -0.05) is 12.7 Å². The molecule has 0 aromatic heterocycles. The Bertz CT molecular complexity index is 174. The maximum Gasteiger partial charge on any atom is 0.407 e. The van der Waals surface area contributed by atoms with E-state index in [4.69, 9.17) is 9.47 Å². The Kier molecular flexibility index (Phi) is 10.2. The summed E-state index contributed by atoms with van der Waals surface area (Å²) < 4.78 is 9.98. The summed E-state index contributed by atoms with van der Waals surface area (Å²) in [6.45, 7) is 6.42. The van der Waals surface area contributed by atoms with Crippen LogP contribution < -0.4 is 10.6 Å². The number of hydrogen-bond donors (Lipinski definition) is 2. The zero-order chi connectivity index (χ0) is 11.4. The molecule has 0 aliphatic heterocycles. The number of alkyl carbamates (subject to hydrolysis) is 1. The van der Waals surface area contributed by atoms with Crippen LogP contribution in [0.2, 0.25) is 0 Å². The van der Waals surface area contributed by atoms with Crippen molar-refractivity contribution in [2.75, 3.05) is 40.0 Å². The molecule has 0 heterocycles. The summed E-state index contributed by atoms with van der Waals surface area (Å²) in [5, 5.41) is 5.58. The summed E-state index contributed by atoms with van der Waals surface area (Å²) in [6, 6.07) is 0. The molecule has 0 aromatic carbocycles. The van der Waals surface area contributed by atoms with E-state index in [0.29, 0.717) is 19.8 Å². The standard InChI is InChI=1S/C10H20N2O3/c1-3-7-15-10(13)12-5-4-8-14-9-6-11-2/h3,11H,1,4-9H2,2H3,(H,12,13). The summed E-state index contributed by atoms with van der Waals surface area (Å²) in [5.41, 5.74) is 0. The molecule has 0 bridgehead atoms. The van der Waals surface area contributed by atoms with Crippen LogP contribution in [0.1, 0.15) is 6.42 Å². The molecule has 0 saturated carbocycles. The van der Waals surface area contributed by atoms with Gasteiger partial charge in [0.1, 0.15) is 6.61 Å². The summed E-state index contributed by atoms with van der Waals surface area (Å²) in [5.74, 6) is 0. The predicted molar refractivity (Wildman–Crippen MR) is 58.9 cm³/mol. The van der Waals surface area contributed by atoms with Crippen molar-refractivity contribution in [2.24, 2.45) is 0 Å². The van der Waals surface area contributed by atoms with Crippen LogP contribution in [0.15, 0.2) is 12.7 Å². The van der Waals surface area contributed by atoms with Crippen LogP contribution in [0.5, 0.6) is 0 Å². The molecule has 0 spiro atoms. The zero-order valence-corrected chi connectivity index (χ0v) is 9.25. The highest BCUT2D eigenvalue weighted by Crippen LogP contribution is 1.82. The number of hydrogen-bond acceptors (Lipinski definition) is 4. The second-order valence-electron chi connectivity index (χ2n) is 2.88.